The summed E-state index contributed by atoms with van der Waals surface area (Å²) in [6.45, 7) is 0.326. The second-order valence-corrected chi connectivity index (χ2v) is 3.83. The van der Waals surface area contributed by atoms with Gasteiger partial charge in [-0.25, -0.2) is 0 Å². The third-order valence-corrected chi connectivity index (χ3v) is 2.65. The van der Waals surface area contributed by atoms with Crippen molar-refractivity contribution >= 4 is 5.91 Å². The molecule has 0 saturated heterocycles. The van der Waals surface area contributed by atoms with Gasteiger partial charge in [0.25, 0.3) is 5.91 Å². The molecule has 1 N–H and O–H groups in total. The SMILES string of the molecule is COc1ccc(OC)c(C(=O)NCc2ccco2)c1. The number of amides is 1. The largest absolute Gasteiger partial charge is 0.497 e. The molecule has 100 valence electrons. The van der Waals surface area contributed by atoms with Gasteiger partial charge in [0.1, 0.15) is 17.3 Å². The summed E-state index contributed by atoms with van der Waals surface area (Å²) in [6.07, 6.45) is 1.56. The van der Waals surface area contributed by atoms with Crippen molar-refractivity contribution in [2.24, 2.45) is 0 Å². The Labute approximate surface area is 111 Å². The van der Waals surface area contributed by atoms with Gasteiger partial charge in [-0.05, 0) is 30.3 Å². The summed E-state index contributed by atoms with van der Waals surface area (Å²) in [5, 5.41) is 2.76. The van der Waals surface area contributed by atoms with Crippen LogP contribution in [0.15, 0.2) is 41.0 Å². The molecule has 5 nitrogen and oxygen atoms in total. The molecule has 1 amide bonds. The summed E-state index contributed by atoms with van der Waals surface area (Å²) >= 11 is 0. The number of nitrogens with one attached hydrogen (secondary N) is 1. The standard InChI is InChI=1S/C14H15NO4/c1-17-10-5-6-13(18-2)12(8-10)14(16)15-9-11-4-3-7-19-11/h3-8H,9H2,1-2H3,(H,15,16). The van der Waals surface area contributed by atoms with Crippen molar-refractivity contribution in [3.8, 4) is 11.5 Å². The number of hydrogen-bond acceptors (Lipinski definition) is 4. The monoisotopic (exact) mass is 261 g/mol. The first-order valence-electron chi connectivity index (χ1n) is 5.77. The van der Waals surface area contributed by atoms with Crippen LogP contribution in [-0.2, 0) is 6.54 Å². The molecular formula is C14H15NO4. The van der Waals surface area contributed by atoms with Crippen LogP contribution in [0.2, 0.25) is 0 Å². The van der Waals surface area contributed by atoms with E-state index in [1.54, 1.807) is 43.7 Å². The number of furan rings is 1. The van der Waals surface area contributed by atoms with Crippen molar-refractivity contribution in [3.05, 3.63) is 47.9 Å². The normalized spacial score (nSPS) is 10.0. The van der Waals surface area contributed by atoms with Gasteiger partial charge in [-0.3, -0.25) is 4.79 Å². The van der Waals surface area contributed by atoms with E-state index >= 15 is 0 Å². The topological polar surface area (TPSA) is 60.7 Å². The van der Waals surface area contributed by atoms with Gasteiger partial charge >= 0.3 is 0 Å². The first-order chi connectivity index (χ1) is 9.24. The van der Waals surface area contributed by atoms with Crippen LogP contribution in [0.4, 0.5) is 0 Å². The van der Waals surface area contributed by atoms with Crippen LogP contribution in [0.25, 0.3) is 0 Å². The van der Waals surface area contributed by atoms with Crippen LogP contribution in [-0.4, -0.2) is 20.1 Å². The lowest BCUT2D eigenvalue weighted by atomic mass is 10.1. The average Bonchev–Trinajstić information content (AvgIpc) is 2.97. The highest BCUT2D eigenvalue weighted by atomic mass is 16.5. The molecule has 0 fully saturated rings. The van der Waals surface area contributed by atoms with Gasteiger partial charge in [-0.1, -0.05) is 0 Å². The van der Waals surface area contributed by atoms with Crippen molar-refractivity contribution in [1.82, 2.24) is 5.32 Å². The number of ether oxygens (including phenoxy) is 2. The smallest absolute Gasteiger partial charge is 0.255 e. The predicted molar refractivity (Wildman–Crippen MR) is 69.4 cm³/mol. The van der Waals surface area contributed by atoms with Crippen molar-refractivity contribution in [2.45, 2.75) is 6.54 Å². The molecule has 0 aliphatic carbocycles. The second kappa shape index (κ2) is 5.95. The zero-order valence-electron chi connectivity index (χ0n) is 10.8. The first kappa shape index (κ1) is 13.0. The highest BCUT2D eigenvalue weighted by Gasteiger charge is 2.13. The van der Waals surface area contributed by atoms with Gasteiger partial charge in [-0.15, -0.1) is 0 Å². The molecule has 2 rings (SSSR count). The van der Waals surface area contributed by atoms with Gasteiger partial charge < -0.3 is 19.2 Å². The molecule has 2 aromatic rings. The minimum absolute atomic E-state index is 0.243. The molecule has 0 aliphatic heterocycles. The Morgan fingerprint density at radius 3 is 2.74 bits per heavy atom. The van der Waals surface area contributed by atoms with Crippen LogP contribution < -0.4 is 14.8 Å². The lowest BCUT2D eigenvalue weighted by molar-refractivity contribution is 0.0944. The van der Waals surface area contributed by atoms with Gasteiger partial charge in [-0.2, -0.15) is 0 Å². The van der Waals surface area contributed by atoms with E-state index in [9.17, 15) is 4.79 Å². The zero-order chi connectivity index (χ0) is 13.7. The Balaban J connectivity index is 2.12. The second-order valence-electron chi connectivity index (χ2n) is 3.83. The van der Waals surface area contributed by atoms with Crippen molar-refractivity contribution in [3.63, 3.8) is 0 Å². The zero-order valence-corrected chi connectivity index (χ0v) is 10.8. The van der Waals surface area contributed by atoms with Crippen LogP contribution in [0.1, 0.15) is 16.1 Å². The quantitative estimate of drug-likeness (QED) is 0.896. The van der Waals surface area contributed by atoms with Gasteiger partial charge in [0.05, 0.1) is 32.6 Å². The van der Waals surface area contributed by atoms with E-state index in [1.807, 2.05) is 0 Å². The average molecular weight is 261 g/mol. The maximum absolute atomic E-state index is 12.1. The fraction of sp³-hybridized carbons (Fsp3) is 0.214. The number of rotatable bonds is 5. The Morgan fingerprint density at radius 2 is 2.11 bits per heavy atom. The summed E-state index contributed by atoms with van der Waals surface area (Å²) in [6, 6.07) is 8.63. The predicted octanol–water partition coefficient (Wildman–Crippen LogP) is 2.23. The number of benzene rings is 1. The molecular weight excluding hydrogens is 246 g/mol. The highest BCUT2D eigenvalue weighted by Crippen LogP contribution is 2.23. The summed E-state index contributed by atoms with van der Waals surface area (Å²) in [5.41, 5.74) is 0.424. The van der Waals surface area contributed by atoms with Crippen LogP contribution in [0.3, 0.4) is 0 Å². The third-order valence-electron chi connectivity index (χ3n) is 2.65. The lowest BCUT2D eigenvalue weighted by Crippen LogP contribution is -2.23. The molecule has 5 heteroatoms. The van der Waals surface area contributed by atoms with Crippen molar-refractivity contribution in [1.29, 1.82) is 0 Å². The van der Waals surface area contributed by atoms with Crippen LogP contribution in [0, 0.1) is 0 Å². The third kappa shape index (κ3) is 3.07. The number of hydrogen-bond donors (Lipinski definition) is 1. The number of carbonyl (C=O) groups is 1. The fourth-order valence-electron chi connectivity index (χ4n) is 1.67. The Kier molecular flexibility index (Phi) is 4.07. The summed E-state index contributed by atoms with van der Waals surface area (Å²) in [7, 11) is 3.07. The van der Waals surface area contributed by atoms with Gasteiger partial charge in [0.15, 0.2) is 0 Å². The molecule has 0 unspecified atom stereocenters. The summed E-state index contributed by atoms with van der Waals surface area (Å²) < 4.78 is 15.4. The molecule has 1 heterocycles. The maximum atomic E-state index is 12.1. The van der Waals surface area contributed by atoms with E-state index in [4.69, 9.17) is 13.9 Å². The number of methoxy groups -OCH3 is 2. The van der Waals surface area contributed by atoms with E-state index in [0.29, 0.717) is 29.4 Å². The maximum Gasteiger partial charge on any atom is 0.255 e. The van der Waals surface area contributed by atoms with Crippen molar-refractivity contribution < 1.29 is 18.7 Å². The van der Waals surface area contributed by atoms with E-state index in [-0.39, 0.29) is 5.91 Å². The molecule has 0 spiro atoms. The first-order valence-corrected chi connectivity index (χ1v) is 5.77. The van der Waals surface area contributed by atoms with E-state index in [0.717, 1.165) is 0 Å². The highest BCUT2D eigenvalue weighted by molar-refractivity contribution is 5.97. The minimum Gasteiger partial charge on any atom is -0.497 e. The summed E-state index contributed by atoms with van der Waals surface area (Å²) in [4.78, 5) is 12.1. The Morgan fingerprint density at radius 1 is 1.26 bits per heavy atom. The van der Waals surface area contributed by atoms with Gasteiger partial charge in [0.2, 0.25) is 0 Å². The van der Waals surface area contributed by atoms with E-state index in [1.165, 1.54) is 7.11 Å². The van der Waals surface area contributed by atoms with Crippen LogP contribution in [0.5, 0.6) is 11.5 Å². The van der Waals surface area contributed by atoms with E-state index < -0.39 is 0 Å². The molecule has 1 aromatic heterocycles. The Hall–Kier alpha value is -2.43. The minimum atomic E-state index is -0.243. The van der Waals surface area contributed by atoms with Crippen molar-refractivity contribution in [2.75, 3.05) is 14.2 Å². The molecule has 0 bridgehead atoms. The van der Waals surface area contributed by atoms with Crippen LogP contribution >= 0.6 is 0 Å². The van der Waals surface area contributed by atoms with E-state index in [2.05, 4.69) is 5.32 Å². The molecule has 0 saturated carbocycles. The molecule has 19 heavy (non-hydrogen) atoms. The Bertz CT molecular complexity index is 549. The van der Waals surface area contributed by atoms with Gasteiger partial charge in [0, 0.05) is 0 Å². The number of carbonyl (C=O) groups excluding carboxylic acids is 1. The molecule has 0 radical (unpaired) electrons. The summed E-state index contributed by atoms with van der Waals surface area (Å²) in [5.74, 6) is 1.55. The fourth-order valence-corrected chi connectivity index (χ4v) is 1.67. The molecule has 1 aromatic carbocycles. The molecule has 0 aliphatic rings. The molecule has 0 atom stereocenters. The lowest BCUT2D eigenvalue weighted by Gasteiger charge is -2.10.